The van der Waals surface area contributed by atoms with Gasteiger partial charge in [-0.2, -0.15) is 0 Å². The number of aliphatic hydroxyl groups excluding tert-OH is 1. The zero-order chi connectivity index (χ0) is 19.4. The molecule has 0 radical (unpaired) electrons. The minimum Gasteiger partial charge on any atom is -0.444 e. The van der Waals surface area contributed by atoms with Gasteiger partial charge in [0.05, 0.1) is 25.4 Å². The average Bonchev–Trinajstić information content (AvgIpc) is 3.06. The number of alkyl carbamates (subject to hydrolysis) is 1. The Morgan fingerprint density at radius 1 is 1.27 bits per heavy atom. The number of ether oxygens (including phenoxy) is 3. The smallest absolute Gasteiger partial charge is 0.408 e. The van der Waals surface area contributed by atoms with Gasteiger partial charge in [0, 0.05) is 5.56 Å². The molecule has 1 aliphatic heterocycles. The fourth-order valence-electron chi connectivity index (χ4n) is 3.29. The van der Waals surface area contributed by atoms with E-state index >= 15 is 0 Å². The van der Waals surface area contributed by atoms with Crippen LogP contribution in [0.25, 0.3) is 0 Å². The molecule has 1 saturated heterocycles. The van der Waals surface area contributed by atoms with Gasteiger partial charge in [0.1, 0.15) is 5.60 Å². The predicted octanol–water partition coefficient (Wildman–Crippen LogP) is 3.49. The SMILES string of the molecule is CC(C)CC(CO)(NC(=O)OC(C)(C)C)c1ccccc1C1OCCO1. The molecule has 0 bridgehead atoms. The van der Waals surface area contributed by atoms with Crippen molar-refractivity contribution in [3.63, 3.8) is 0 Å². The second-order valence-corrected chi connectivity index (χ2v) is 8.13. The van der Waals surface area contributed by atoms with Gasteiger partial charge in [0.15, 0.2) is 6.29 Å². The van der Waals surface area contributed by atoms with Crippen LogP contribution in [-0.2, 0) is 19.7 Å². The topological polar surface area (TPSA) is 77.0 Å². The summed E-state index contributed by atoms with van der Waals surface area (Å²) >= 11 is 0. The Hall–Kier alpha value is -1.63. The molecule has 1 fully saturated rings. The maximum absolute atomic E-state index is 12.5. The molecule has 1 aromatic carbocycles. The number of benzene rings is 1. The van der Waals surface area contributed by atoms with Crippen LogP contribution in [0.5, 0.6) is 0 Å². The summed E-state index contributed by atoms with van der Waals surface area (Å²) in [6, 6.07) is 7.59. The highest BCUT2D eigenvalue weighted by atomic mass is 16.7. The molecule has 2 rings (SSSR count). The lowest BCUT2D eigenvalue weighted by Crippen LogP contribution is -2.51. The van der Waals surface area contributed by atoms with E-state index in [2.05, 4.69) is 5.32 Å². The molecule has 0 aromatic heterocycles. The molecule has 1 unspecified atom stereocenters. The van der Waals surface area contributed by atoms with Crippen molar-refractivity contribution in [1.82, 2.24) is 5.32 Å². The Morgan fingerprint density at radius 2 is 1.88 bits per heavy atom. The van der Waals surface area contributed by atoms with Crippen LogP contribution in [0.15, 0.2) is 24.3 Å². The highest BCUT2D eigenvalue weighted by Gasteiger charge is 2.39. The molecular formula is C20H31NO5. The highest BCUT2D eigenvalue weighted by molar-refractivity contribution is 5.69. The van der Waals surface area contributed by atoms with Gasteiger partial charge in [-0.05, 0) is 38.7 Å². The molecule has 6 heteroatoms. The maximum Gasteiger partial charge on any atom is 0.408 e. The standard InChI is InChI=1S/C20H31NO5/c1-14(2)12-20(13-22,21-18(23)26-19(3,4)5)16-9-7-6-8-15(16)17-24-10-11-25-17/h6-9,14,17,22H,10-13H2,1-5H3,(H,21,23). The van der Waals surface area contributed by atoms with Crippen molar-refractivity contribution in [3.05, 3.63) is 35.4 Å². The number of carbonyl (C=O) groups is 1. The largest absolute Gasteiger partial charge is 0.444 e. The van der Waals surface area contributed by atoms with Crippen molar-refractivity contribution in [2.45, 2.75) is 58.5 Å². The summed E-state index contributed by atoms with van der Waals surface area (Å²) in [5.41, 5.74) is -0.00684. The van der Waals surface area contributed by atoms with Gasteiger partial charge in [-0.3, -0.25) is 0 Å². The minimum atomic E-state index is -0.984. The molecule has 1 aromatic rings. The Morgan fingerprint density at radius 3 is 2.42 bits per heavy atom. The summed E-state index contributed by atoms with van der Waals surface area (Å²) in [7, 11) is 0. The van der Waals surface area contributed by atoms with Crippen LogP contribution < -0.4 is 5.32 Å². The molecule has 1 amide bonds. The number of amides is 1. The van der Waals surface area contributed by atoms with Crippen LogP contribution in [-0.4, -0.2) is 36.6 Å². The summed E-state index contributed by atoms with van der Waals surface area (Å²) < 4.78 is 16.8. The zero-order valence-electron chi connectivity index (χ0n) is 16.4. The van der Waals surface area contributed by atoms with Gasteiger partial charge in [0.25, 0.3) is 0 Å². The van der Waals surface area contributed by atoms with E-state index < -0.39 is 23.5 Å². The van der Waals surface area contributed by atoms with E-state index in [1.165, 1.54) is 0 Å². The first-order valence-electron chi connectivity index (χ1n) is 9.11. The monoisotopic (exact) mass is 365 g/mol. The van der Waals surface area contributed by atoms with E-state index in [0.717, 1.165) is 11.1 Å². The van der Waals surface area contributed by atoms with Gasteiger partial charge >= 0.3 is 6.09 Å². The molecule has 26 heavy (non-hydrogen) atoms. The number of carbonyl (C=O) groups excluding carboxylic acids is 1. The average molecular weight is 365 g/mol. The maximum atomic E-state index is 12.5. The van der Waals surface area contributed by atoms with E-state index in [1.54, 1.807) is 0 Å². The number of hydrogen-bond donors (Lipinski definition) is 2. The van der Waals surface area contributed by atoms with Gasteiger partial charge in [0.2, 0.25) is 0 Å². The Kier molecular flexibility index (Phi) is 6.66. The van der Waals surface area contributed by atoms with Crippen molar-refractivity contribution in [3.8, 4) is 0 Å². The fourth-order valence-corrected chi connectivity index (χ4v) is 3.29. The summed E-state index contributed by atoms with van der Waals surface area (Å²) in [4.78, 5) is 12.5. The predicted molar refractivity (Wildman–Crippen MR) is 98.7 cm³/mol. The molecule has 2 N–H and O–H groups in total. The fraction of sp³-hybridized carbons (Fsp3) is 0.650. The van der Waals surface area contributed by atoms with Crippen molar-refractivity contribution >= 4 is 6.09 Å². The zero-order valence-corrected chi connectivity index (χ0v) is 16.4. The molecular weight excluding hydrogens is 334 g/mol. The third kappa shape index (κ3) is 5.19. The van der Waals surface area contributed by atoms with Crippen LogP contribution >= 0.6 is 0 Å². The minimum absolute atomic E-state index is 0.232. The molecule has 1 aliphatic rings. The molecule has 1 atom stereocenters. The summed E-state index contributed by atoms with van der Waals surface area (Å²) in [5, 5.41) is 13.3. The van der Waals surface area contributed by atoms with Gasteiger partial charge in [-0.25, -0.2) is 4.79 Å². The Bertz CT molecular complexity index is 604. The van der Waals surface area contributed by atoms with Gasteiger partial charge in [-0.15, -0.1) is 0 Å². The highest BCUT2D eigenvalue weighted by Crippen LogP contribution is 2.36. The van der Waals surface area contributed by atoms with Crippen molar-refractivity contribution in [2.75, 3.05) is 19.8 Å². The molecule has 0 aliphatic carbocycles. The lowest BCUT2D eigenvalue weighted by atomic mass is 9.80. The third-order valence-electron chi connectivity index (χ3n) is 4.12. The summed E-state index contributed by atoms with van der Waals surface area (Å²) in [6.45, 7) is 10.3. The Balaban J connectivity index is 2.42. The molecule has 0 spiro atoms. The number of rotatable bonds is 6. The first-order chi connectivity index (χ1) is 12.2. The van der Waals surface area contributed by atoms with Crippen LogP contribution in [0, 0.1) is 5.92 Å². The summed E-state index contributed by atoms with van der Waals surface area (Å²) in [5.74, 6) is 0.232. The van der Waals surface area contributed by atoms with E-state index in [-0.39, 0.29) is 12.5 Å². The van der Waals surface area contributed by atoms with E-state index in [1.807, 2.05) is 58.9 Å². The van der Waals surface area contributed by atoms with Crippen molar-refractivity contribution in [1.29, 1.82) is 0 Å². The van der Waals surface area contributed by atoms with Crippen LogP contribution in [0.1, 0.15) is 58.5 Å². The van der Waals surface area contributed by atoms with Gasteiger partial charge < -0.3 is 24.6 Å². The normalized spacial score (nSPS) is 18.0. The number of hydrogen-bond acceptors (Lipinski definition) is 5. The number of aliphatic hydroxyl groups is 1. The Labute approximate surface area is 155 Å². The van der Waals surface area contributed by atoms with Gasteiger partial charge in [-0.1, -0.05) is 38.1 Å². The third-order valence-corrected chi connectivity index (χ3v) is 4.12. The molecule has 146 valence electrons. The first-order valence-corrected chi connectivity index (χ1v) is 9.11. The van der Waals surface area contributed by atoms with Crippen LogP contribution in [0.2, 0.25) is 0 Å². The van der Waals surface area contributed by atoms with E-state index in [0.29, 0.717) is 19.6 Å². The van der Waals surface area contributed by atoms with E-state index in [4.69, 9.17) is 14.2 Å². The molecule has 6 nitrogen and oxygen atoms in total. The number of nitrogens with one attached hydrogen (secondary N) is 1. The van der Waals surface area contributed by atoms with Crippen molar-refractivity contribution in [2.24, 2.45) is 5.92 Å². The van der Waals surface area contributed by atoms with Crippen molar-refractivity contribution < 1.29 is 24.1 Å². The molecule has 1 heterocycles. The molecule has 0 saturated carbocycles. The summed E-state index contributed by atoms with van der Waals surface area (Å²) in [6.07, 6.45) is -0.507. The second-order valence-electron chi connectivity index (χ2n) is 8.13. The van der Waals surface area contributed by atoms with E-state index in [9.17, 15) is 9.90 Å². The first kappa shape index (κ1) is 20.7. The van der Waals surface area contributed by atoms with Crippen LogP contribution in [0.4, 0.5) is 4.79 Å². The second kappa shape index (κ2) is 8.37. The lowest BCUT2D eigenvalue weighted by Gasteiger charge is -2.37. The van der Waals surface area contributed by atoms with Crippen LogP contribution in [0.3, 0.4) is 0 Å². The quantitative estimate of drug-likeness (QED) is 0.807. The lowest BCUT2D eigenvalue weighted by molar-refractivity contribution is -0.0464.